The van der Waals surface area contributed by atoms with E-state index in [1.807, 2.05) is 81.4 Å². The molecule has 1 aliphatic rings. The first-order valence-corrected chi connectivity index (χ1v) is 13.3. The van der Waals surface area contributed by atoms with Gasteiger partial charge in [-0.15, -0.1) is 0 Å². The number of rotatable bonds is 10. The monoisotopic (exact) mass is 525 g/mol. The van der Waals surface area contributed by atoms with Crippen molar-refractivity contribution in [1.29, 1.82) is 0 Å². The zero-order valence-electron chi connectivity index (χ0n) is 22.7. The third-order valence-corrected chi connectivity index (χ3v) is 6.62. The number of fused-ring (bicyclic) bond motifs is 1. The van der Waals surface area contributed by atoms with Gasteiger partial charge in [0.25, 0.3) is 11.8 Å². The second-order valence-corrected chi connectivity index (χ2v) is 10.9. The Kier molecular flexibility index (Phi) is 8.59. The van der Waals surface area contributed by atoms with E-state index in [2.05, 4.69) is 5.32 Å². The minimum atomic E-state index is -0.737. The molecule has 0 saturated heterocycles. The Hall–Kier alpha value is -4.26. The second kappa shape index (κ2) is 12.1. The molecule has 0 aliphatic carbocycles. The first-order valence-electron chi connectivity index (χ1n) is 13.3. The van der Waals surface area contributed by atoms with Crippen molar-refractivity contribution in [3.63, 3.8) is 0 Å². The highest BCUT2D eigenvalue weighted by atomic mass is 16.2. The maximum Gasteiger partial charge on any atom is 0.261 e. The number of amides is 4. The quantitative estimate of drug-likeness (QED) is 0.392. The average molecular weight is 526 g/mol. The number of nitrogens with zero attached hydrogens (tertiary/aromatic N) is 2. The SMILES string of the molecule is CC(C)(C)NC(=O)[C@@H](Cc1ccccc1)N(Cc1ccccc1)C(=O)CCCN1C(=O)c2ccccc2C1=O. The van der Waals surface area contributed by atoms with Crippen LogP contribution in [-0.4, -0.2) is 51.6 Å². The van der Waals surface area contributed by atoms with Crippen LogP contribution in [0.4, 0.5) is 0 Å². The van der Waals surface area contributed by atoms with Crippen LogP contribution >= 0.6 is 0 Å². The molecule has 202 valence electrons. The fourth-order valence-electron chi connectivity index (χ4n) is 4.76. The molecule has 1 N–H and O–H groups in total. The highest BCUT2D eigenvalue weighted by Gasteiger charge is 2.36. The van der Waals surface area contributed by atoms with E-state index in [4.69, 9.17) is 0 Å². The van der Waals surface area contributed by atoms with Gasteiger partial charge < -0.3 is 10.2 Å². The molecule has 0 unspecified atom stereocenters. The van der Waals surface area contributed by atoms with E-state index in [1.165, 1.54) is 4.90 Å². The molecule has 1 atom stereocenters. The van der Waals surface area contributed by atoms with Gasteiger partial charge in [0.2, 0.25) is 11.8 Å². The van der Waals surface area contributed by atoms with Crippen molar-refractivity contribution in [2.75, 3.05) is 6.54 Å². The molecule has 0 spiro atoms. The van der Waals surface area contributed by atoms with Gasteiger partial charge in [0.05, 0.1) is 11.1 Å². The lowest BCUT2D eigenvalue weighted by atomic mass is 10.00. The van der Waals surface area contributed by atoms with E-state index in [-0.39, 0.29) is 43.1 Å². The maximum atomic E-state index is 13.8. The highest BCUT2D eigenvalue weighted by Crippen LogP contribution is 2.23. The van der Waals surface area contributed by atoms with Crippen LogP contribution in [0.1, 0.15) is 65.5 Å². The van der Waals surface area contributed by atoms with E-state index in [9.17, 15) is 19.2 Å². The number of carbonyl (C=O) groups excluding carboxylic acids is 4. The largest absolute Gasteiger partial charge is 0.350 e. The van der Waals surface area contributed by atoms with Crippen LogP contribution in [0.2, 0.25) is 0 Å². The third-order valence-electron chi connectivity index (χ3n) is 6.62. The van der Waals surface area contributed by atoms with Crippen LogP contribution in [-0.2, 0) is 22.6 Å². The van der Waals surface area contributed by atoms with Crippen molar-refractivity contribution in [3.8, 4) is 0 Å². The predicted molar refractivity (Wildman–Crippen MR) is 150 cm³/mol. The summed E-state index contributed by atoms with van der Waals surface area (Å²) in [6, 6.07) is 25.2. The zero-order valence-corrected chi connectivity index (χ0v) is 22.7. The molecule has 0 saturated carbocycles. The summed E-state index contributed by atoms with van der Waals surface area (Å²) in [6.45, 7) is 6.14. The summed E-state index contributed by atoms with van der Waals surface area (Å²) in [5.74, 6) is -1.11. The molecule has 1 aliphatic heterocycles. The van der Waals surface area contributed by atoms with Crippen LogP contribution in [0, 0.1) is 0 Å². The molecular weight excluding hydrogens is 490 g/mol. The Morgan fingerprint density at radius 1 is 0.795 bits per heavy atom. The fraction of sp³-hybridized carbons (Fsp3) is 0.312. The summed E-state index contributed by atoms with van der Waals surface area (Å²) in [4.78, 5) is 55.7. The standard InChI is InChI=1S/C32H35N3O4/c1-32(2,3)33-29(37)27(21-23-13-6-4-7-14-23)35(22-24-15-8-5-9-16-24)28(36)19-12-20-34-30(38)25-17-10-11-18-26(25)31(34)39/h4-11,13-18,27H,12,19-22H2,1-3H3,(H,33,37)/t27-/m1/s1. The molecule has 1 heterocycles. The van der Waals surface area contributed by atoms with Gasteiger partial charge in [-0.1, -0.05) is 72.8 Å². The first kappa shape index (κ1) is 27.8. The summed E-state index contributed by atoms with van der Waals surface area (Å²) in [6.07, 6.45) is 0.753. The smallest absolute Gasteiger partial charge is 0.261 e. The van der Waals surface area contributed by atoms with Crippen LogP contribution in [0.5, 0.6) is 0 Å². The molecule has 7 heteroatoms. The number of benzene rings is 3. The number of hydrogen-bond acceptors (Lipinski definition) is 4. The Bertz CT molecular complexity index is 1300. The van der Waals surface area contributed by atoms with Crippen molar-refractivity contribution in [3.05, 3.63) is 107 Å². The summed E-state index contributed by atoms with van der Waals surface area (Å²) in [5.41, 5.74) is 2.16. The van der Waals surface area contributed by atoms with Gasteiger partial charge in [-0.05, 0) is 50.5 Å². The fourth-order valence-corrected chi connectivity index (χ4v) is 4.76. The summed E-state index contributed by atoms with van der Waals surface area (Å²) >= 11 is 0. The molecule has 0 aromatic heterocycles. The third kappa shape index (κ3) is 6.99. The molecule has 7 nitrogen and oxygen atoms in total. The Balaban J connectivity index is 1.54. The van der Waals surface area contributed by atoms with Gasteiger partial charge in [-0.2, -0.15) is 0 Å². The van der Waals surface area contributed by atoms with E-state index >= 15 is 0 Å². The van der Waals surface area contributed by atoms with Crippen LogP contribution in [0.15, 0.2) is 84.9 Å². The van der Waals surface area contributed by atoms with Gasteiger partial charge in [-0.3, -0.25) is 24.1 Å². The Morgan fingerprint density at radius 3 is 1.85 bits per heavy atom. The minimum Gasteiger partial charge on any atom is -0.350 e. The van der Waals surface area contributed by atoms with E-state index < -0.39 is 11.6 Å². The molecule has 0 bridgehead atoms. The van der Waals surface area contributed by atoms with Crippen LogP contribution in [0.3, 0.4) is 0 Å². The molecule has 3 aromatic carbocycles. The topological polar surface area (TPSA) is 86.8 Å². The van der Waals surface area contributed by atoms with Crippen LogP contribution < -0.4 is 5.32 Å². The molecule has 0 radical (unpaired) electrons. The molecule has 4 rings (SSSR count). The summed E-state index contributed by atoms with van der Waals surface area (Å²) in [5, 5.41) is 3.05. The average Bonchev–Trinajstić information content (AvgIpc) is 3.15. The lowest BCUT2D eigenvalue weighted by Crippen LogP contribution is -2.54. The summed E-state index contributed by atoms with van der Waals surface area (Å²) < 4.78 is 0. The van der Waals surface area contributed by atoms with Gasteiger partial charge >= 0.3 is 0 Å². The van der Waals surface area contributed by atoms with Gasteiger partial charge in [0.15, 0.2) is 0 Å². The number of nitrogens with one attached hydrogen (secondary N) is 1. The van der Waals surface area contributed by atoms with E-state index in [0.29, 0.717) is 24.0 Å². The maximum absolute atomic E-state index is 13.8. The molecular formula is C32H35N3O4. The van der Waals surface area contributed by atoms with Crippen molar-refractivity contribution in [2.45, 2.75) is 58.2 Å². The predicted octanol–water partition coefficient (Wildman–Crippen LogP) is 4.62. The van der Waals surface area contributed by atoms with Crippen molar-refractivity contribution >= 4 is 23.6 Å². The first-order chi connectivity index (χ1) is 18.6. The molecule has 39 heavy (non-hydrogen) atoms. The minimum absolute atomic E-state index is 0.0916. The zero-order chi connectivity index (χ0) is 28.0. The highest BCUT2D eigenvalue weighted by molar-refractivity contribution is 6.21. The molecule has 3 aromatic rings. The summed E-state index contributed by atoms with van der Waals surface area (Å²) in [7, 11) is 0. The lowest BCUT2D eigenvalue weighted by molar-refractivity contribution is -0.142. The van der Waals surface area contributed by atoms with E-state index in [1.54, 1.807) is 29.2 Å². The van der Waals surface area contributed by atoms with E-state index in [0.717, 1.165) is 11.1 Å². The number of carbonyl (C=O) groups is 4. The van der Waals surface area contributed by atoms with Gasteiger partial charge in [0.1, 0.15) is 6.04 Å². The normalized spacial score (nSPS) is 13.7. The Labute approximate surface area is 229 Å². The lowest BCUT2D eigenvalue weighted by Gasteiger charge is -2.34. The van der Waals surface area contributed by atoms with Crippen molar-refractivity contribution < 1.29 is 19.2 Å². The van der Waals surface area contributed by atoms with Gasteiger partial charge in [-0.25, -0.2) is 0 Å². The number of hydrogen-bond donors (Lipinski definition) is 1. The van der Waals surface area contributed by atoms with Crippen molar-refractivity contribution in [2.24, 2.45) is 0 Å². The molecule has 4 amide bonds. The second-order valence-electron chi connectivity index (χ2n) is 10.9. The van der Waals surface area contributed by atoms with Crippen molar-refractivity contribution in [1.82, 2.24) is 15.1 Å². The van der Waals surface area contributed by atoms with Crippen LogP contribution in [0.25, 0.3) is 0 Å². The molecule has 0 fully saturated rings. The van der Waals surface area contributed by atoms with Gasteiger partial charge in [0, 0.05) is 31.5 Å². The number of imide groups is 1. The Morgan fingerprint density at radius 2 is 1.31 bits per heavy atom.